The fraction of sp³-hybridized carbons (Fsp3) is 0.417. The first-order valence-electron chi connectivity index (χ1n) is 5.14. The summed E-state index contributed by atoms with van der Waals surface area (Å²) < 4.78 is 4.99. The van der Waals surface area contributed by atoms with E-state index in [2.05, 4.69) is 30.4 Å². The van der Waals surface area contributed by atoms with E-state index < -0.39 is 0 Å². The van der Waals surface area contributed by atoms with Crippen molar-refractivity contribution in [3.8, 4) is 0 Å². The standard InChI is InChI=1S/C12H15NO2/c1-8-3-4-12-10(5-8)6-11(13-12)7-15-9(2)14/h3-5,11,13H,6-7H2,1-2H3. The zero-order chi connectivity index (χ0) is 10.8. The first-order chi connectivity index (χ1) is 7.15. The van der Waals surface area contributed by atoms with Crippen molar-refractivity contribution in [3.63, 3.8) is 0 Å². The van der Waals surface area contributed by atoms with Gasteiger partial charge in [0.1, 0.15) is 6.61 Å². The number of ether oxygens (including phenoxy) is 1. The summed E-state index contributed by atoms with van der Waals surface area (Å²) in [7, 11) is 0. The average Bonchev–Trinajstić information content (AvgIpc) is 2.56. The molecule has 3 nitrogen and oxygen atoms in total. The molecule has 0 spiro atoms. The molecule has 1 aromatic rings. The van der Waals surface area contributed by atoms with E-state index in [0.717, 1.165) is 12.1 Å². The molecule has 15 heavy (non-hydrogen) atoms. The summed E-state index contributed by atoms with van der Waals surface area (Å²) in [6.45, 7) is 3.97. The van der Waals surface area contributed by atoms with Crippen LogP contribution in [0, 0.1) is 6.92 Å². The van der Waals surface area contributed by atoms with Crippen molar-refractivity contribution in [1.82, 2.24) is 0 Å². The Hall–Kier alpha value is -1.51. The second-order valence-electron chi connectivity index (χ2n) is 4.01. The summed E-state index contributed by atoms with van der Waals surface area (Å²) in [6, 6.07) is 6.57. The Morgan fingerprint density at radius 2 is 2.40 bits per heavy atom. The molecular weight excluding hydrogens is 190 g/mol. The van der Waals surface area contributed by atoms with Gasteiger partial charge in [0.25, 0.3) is 0 Å². The molecule has 2 rings (SSSR count). The van der Waals surface area contributed by atoms with E-state index in [4.69, 9.17) is 4.74 Å². The number of fused-ring (bicyclic) bond motifs is 1. The van der Waals surface area contributed by atoms with Crippen molar-refractivity contribution in [2.24, 2.45) is 0 Å². The van der Waals surface area contributed by atoms with E-state index in [1.54, 1.807) is 0 Å². The summed E-state index contributed by atoms with van der Waals surface area (Å²) in [5, 5.41) is 3.34. The SMILES string of the molecule is CC(=O)OCC1Cc2cc(C)ccc2N1. The highest BCUT2D eigenvalue weighted by Gasteiger charge is 2.20. The Labute approximate surface area is 89.4 Å². The molecule has 0 aromatic heterocycles. The van der Waals surface area contributed by atoms with Crippen LogP contribution >= 0.6 is 0 Å². The zero-order valence-corrected chi connectivity index (χ0v) is 9.04. The van der Waals surface area contributed by atoms with Gasteiger partial charge in [-0.05, 0) is 25.0 Å². The summed E-state index contributed by atoms with van der Waals surface area (Å²) >= 11 is 0. The van der Waals surface area contributed by atoms with Crippen LogP contribution in [-0.4, -0.2) is 18.6 Å². The molecule has 0 saturated carbocycles. The first kappa shape index (κ1) is 10.0. The molecule has 0 radical (unpaired) electrons. The minimum atomic E-state index is -0.219. The minimum absolute atomic E-state index is 0.219. The van der Waals surface area contributed by atoms with Crippen molar-refractivity contribution < 1.29 is 9.53 Å². The van der Waals surface area contributed by atoms with Crippen LogP contribution in [0.4, 0.5) is 5.69 Å². The smallest absolute Gasteiger partial charge is 0.302 e. The number of nitrogens with one attached hydrogen (secondary N) is 1. The lowest BCUT2D eigenvalue weighted by atomic mass is 10.1. The number of hydrogen-bond donors (Lipinski definition) is 1. The van der Waals surface area contributed by atoms with Gasteiger partial charge in [-0.1, -0.05) is 17.7 Å². The van der Waals surface area contributed by atoms with Gasteiger partial charge >= 0.3 is 5.97 Å². The lowest BCUT2D eigenvalue weighted by molar-refractivity contribution is -0.141. The van der Waals surface area contributed by atoms with Gasteiger partial charge < -0.3 is 10.1 Å². The third-order valence-corrected chi connectivity index (χ3v) is 2.57. The first-order valence-corrected chi connectivity index (χ1v) is 5.14. The molecule has 1 N–H and O–H groups in total. The Bertz CT molecular complexity index is 387. The average molecular weight is 205 g/mol. The highest BCUT2D eigenvalue weighted by molar-refractivity contribution is 5.66. The van der Waals surface area contributed by atoms with Crippen molar-refractivity contribution in [2.75, 3.05) is 11.9 Å². The topological polar surface area (TPSA) is 38.3 Å². The van der Waals surface area contributed by atoms with E-state index in [1.165, 1.54) is 18.1 Å². The molecule has 80 valence electrons. The van der Waals surface area contributed by atoms with Crippen LogP contribution in [0.3, 0.4) is 0 Å². The van der Waals surface area contributed by atoms with Gasteiger partial charge in [0.15, 0.2) is 0 Å². The predicted octanol–water partition coefficient (Wildman–Crippen LogP) is 1.89. The van der Waals surface area contributed by atoms with Crippen LogP contribution in [0.25, 0.3) is 0 Å². The van der Waals surface area contributed by atoms with Gasteiger partial charge in [-0.2, -0.15) is 0 Å². The van der Waals surface area contributed by atoms with Crippen LogP contribution < -0.4 is 5.32 Å². The predicted molar refractivity (Wildman–Crippen MR) is 58.9 cm³/mol. The van der Waals surface area contributed by atoms with Crippen LogP contribution in [0.1, 0.15) is 18.1 Å². The van der Waals surface area contributed by atoms with E-state index in [-0.39, 0.29) is 12.0 Å². The number of carbonyl (C=O) groups is 1. The molecule has 1 atom stereocenters. The van der Waals surface area contributed by atoms with Crippen molar-refractivity contribution in [1.29, 1.82) is 0 Å². The number of benzene rings is 1. The summed E-state index contributed by atoms with van der Waals surface area (Å²) in [5.74, 6) is -0.219. The van der Waals surface area contributed by atoms with Gasteiger partial charge in [0.05, 0.1) is 6.04 Å². The number of aryl methyl sites for hydroxylation is 1. The monoisotopic (exact) mass is 205 g/mol. The third kappa shape index (κ3) is 2.29. The van der Waals surface area contributed by atoms with E-state index in [1.807, 2.05) is 0 Å². The molecular formula is C12H15NO2. The second kappa shape index (κ2) is 3.93. The second-order valence-corrected chi connectivity index (χ2v) is 4.01. The fourth-order valence-electron chi connectivity index (χ4n) is 1.89. The zero-order valence-electron chi connectivity index (χ0n) is 9.04. The minimum Gasteiger partial charge on any atom is -0.464 e. The van der Waals surface area contributed by atoms with Gasteiger partial charge in [0, 0.05) is 12.6 Å². The van der Waals surface area contributed by atoms with E-state index in [9.17, 15) is 4.79 Å². The van der Waals surface area contributed by atoms with Gasteiger partial charge in [-0.25, -0.2) is 0 Å². The number of anilines is 1. The molecule has 0 amide bonds. The van der Waals surface area contributed by atoms with Gasteiger partial charge in [-0.3, -0.25) is 4.79 Å². The quantitative estimate of drug-likeness (QED) is 0.749. The highest BCUT2D eigenvalue weighted by Crippen LogP contribution is 2.26. The molecule has 0 fully saturated rings. The normalized spacial score (nSPS) is 18.1. The van der Waals surface area contributed by atoms with Crippen LogP contribution in [0.15, 0.2) is 18.2 Å². The lowest BCUT2D eigenvalue weighted by Crippen LogP contribution is -2.23. The highest BCUT2D eigenvalue weighted by atomic mass is 16.5. The van der Waals surface area contributed by atoms with E-state index in [0.29, 0.717) is 6.61 Å². The van der Waals surface area contributed by atoms with Crippen LogP contribution in [0.5, 0.6) is 0 Å². The summed E-state index contributed by atoms with van der Waals surface area (Å²) in [5.41, 5.74) is 3.74. The Balaban J connectivity index is 2.00. The molecule has 3 heteroatoms. The van der Waals surface area contributed by atoms with Crippen LogP contribution in [0.2, 0.25) is 0 Å². The number of esters is 1. The molecule has 1 heterocycles. The van der Waals surface area contributed by atoms with Gasteiger partial charge in [0.2, 0.25) is 0 Å². The molecule has 1 unspecified atom stereocenters. The largest absolute Gasteiger partial charge is 0.464 e. The summed E-state index contributed by atoms with van der Waals surface area (Å²) in [4.78, 5) is 10.7. The third-order valence-electron chi connectivity index (χ3n) is 2.57. The maximum Gasteiger partial charge on any atom is 0.302 e. The summed E-state index contributed by atoms with van der Waals surface area (Å²) in [6.07, 6.45) is 0.935. The van der Waals surface area contributed by atoms with Gasteiger partial charge in [-0.15, -0.1) is 0 Å². The van der Waals surface area contributed by atoms with Crippen molar-refractivity contribution in [2.45, 2.75) is 26.3 Å². The number of rotatable bonds is 2. The number of hydrogen-bond acceptors (Lipinski definition) is 3. The Morgan fingerprint density at radius 1 is 1.60 bits per heavy atom. The maximum absolute atomic E-state index is 10.7. The Kier molecular flexibility index (Phi) is 2.62. The van der Waals surface area contributed by atoms with Crippen molar-refractivity contribution in [3.05, 3.63) is 29.3 Å². The van der Waals surface area contributed by atoms with E-state index >= 15 is 0 Å². The molecule has 0 aliphatic carbocycles. The molecule has 0 saturated heterocycles. The lowest BCUT2D eigenvalue weighted by Gasteiger charge is -2.10. The molecule has 1 aliphatic heterocycles. The van der Waals surface area contributed by atoms with Crippen molar-refractivity contribution >= 4 is 11.7 Å². The molecule has 1 aliphatic rings. The van der Waals surface area contributed by atoms with Crippen LogP contribution in [-0.2, 0) is 16.0 Å². The molecule has 1 aromatic carbocycles. The fourth-order valence-corrected chi connectivity index (χ4v) is 1.89. The number of carbonyl (C=O) groups excluding carboxylic acids is 1. The molecule has 0 bridgehead atoms. The maximum atomic E-state index is 10.7. The Morgan fingerprint density at radius 3 is 3.13 bits per heavy atom.